The lowest BCUT2D eigenvalue weighted by Gasteiger charge is -2.11. The van der Waals surface area contributed by atoms with Crippen molar-refractivity contribution in [2.75, 3.05) is 30.4 Å². The molecule has 9 heteroatoms. The Morgan fingerprint density at radius 3 is 2.58 bits per heavy atom. The van der Waals surface area contributed by atoms with Gasteiger partial charge in [0.05, 0.1) is 18.1 Å². The molecule has 24 heavy (non-hydrogen) atoms. The summed E-state index contributed by atoms with van der Waals surface area (Å²) in [5, 5.41) is 25.9. The smallest absolute Gasteiger partial charge is 0.332 e. The van der Waals surface area contributed by atoms with Crippen LogP contribution in [0, 0.1) is 17.0 Å². The van der Waals surface area contributed by atoms with Crippen molar-refractivity contribution < 1.29 is 14.8 Å². The van der Waals surface area contributed by atoms with Crippen LogP contribution < -0.4 is 15.4 Å². The molecule has 0 radical (unpaired) electrons. The number of nitro groups is 1. The summed E-state index contributed by atoms with van der Waals surface area (Å²) in [6.45, 7) is 4.14. The molecule has 0 spiro atoms. The third kappa shape index (κ3) is 4.29. The molecule has 1 aromatic heterocycles. The van der Waals surface area contributed by atoms with Crippen LogP contribution in [0.25, 0.3) is 0 Å². The van der Waals surface area contributed by atoms with Crippen LogP contribution in [0.2, 0.25) is 0 Å². The Hall–Kier alpha value is -2.94. The standard InChI is InChI=1S/C15H19N5O4/c1-3-24-12-6-4-11(5-7-12)18-14-13(20(22)23)10(2)17-15(19-14)16-8-9-21/h4-7,21H,3,8-9H2,1-2H3,(H2,16,17,18,19). The number of hydrogen-bond acceptors (Lipinski definition) is 8. The van der Waals surface area contributed by atoms with Gasteiger partial charge in [0.25, 0.3) is 0 Å². The van der Waals surface area contributed by atoms with Crippen molar-refractivity contribution in [2.45, 2.75) is 13.8 Å². The van der Waals surface area contributed by atoms with Gasteiger partial charge in [0, 0.05) is 12.2 Å². The third-order valence-electron chi connectivity index (χ3n) is 3.06. The molecule has 3 N–H and O–H groups in total. The number of aromatic nitrogens is 2. The van der Waals surface area contributed by atoms with Crippen LogP contribution in [0.4, 0.5) is 23.1 Å². The van der Waals surface area contributed by atoms with Gasteiger partial charge in [0.15, 0.2) is 0 Å². The van der Waals surface area contributed by atoms with Gasteiger partial charge >= 0.3 is 5.69 Å². The summed E-state index contributed by atoms with van der Waals surface area (Å²) in [7, 11) is 0. The second-order valence-corrected chi connectivity index (χ2v) is 4.82. The van der Waals surface area contributed by atoms with Gasteiger partial charge in [-0.05, 0) is 38.1 Å². The van der Waals surface area contributed by atoms with Gasteiger partial charge in [-0.1, -0.05) is 0 Å². The van der Waals surface area contributed by atoms with E-state index in [-0.39, 0.29) is 36.3 Å². The Bertz CT molecular complexity index is 706. The highest BCUT2D eigenvalue weighted by molar-refractivity contribution is 5.68. The highest BCUT2D eigenvalue weighted by Crippen LogP contribution is 2.29. The molecule has 0 fully saturated rings. The van der Waals surface area contributed by atoms with E-state index in [2.05, 4.69) is 20.6 Å². The molecule has 1 heterocycles. The Balaban J connectivity index is 2.31. The largest absolute Gasteiger partial charge is 0.494 e. The van der Waals surface area contributed by atoms with Gasteiger partial charge in [0.1, 0.15) is 11.4 Å². The zero-order valence-electron chi connectivity index (χ0n) is 13.4. The van der Waals surface area contributed by atoms with Crippen molar-refractivity contribution in [3.05, 3.63) is 40.1 Å². The molecule has 0 bridgehead atoms. The number of aliphatic hydroxyl groups is 1. The predicted octanol–water partition coefficient (Wildman–Crippen LogP) is 2.24. The number of benzene rings is 1. The number of hydrogen-bond donors (Lipinski definition) is 3. The summed E-state index contributed by atoms with van der Waals surface area (Å²) >= 11 is 0. The number of nitrogens with one attached hydrogen (secondary N) is 2. The summed E-state index contributed by atoms with van der Waals surface area (Å²) in [5.41, 5.74) is 0.662. The minimum Gasteiger partial charge on any atom is -0.494 e. The number of rotatable bonds is 8. The molecule has 0 unspecified atom stereocenters. The molecule has 128 valence electrons. The van der Waals surface area contributed by atoms with Crippen LogP contribution in [0.1, 0.15) is 12.6 Å². The number of aryl methyl sites for hydroxylation is 1. The fourth-order valence-corrected chi connectivity index (χ4v) is 2.06. The number of ether oxygens (including phenoxy) is 1. The van der Waals surface area contributed by atoms with E-state index in [0.717, 1.165) is 0 Å². The van der Waals surface area contributed by atoms with Crippen LogP contribution in [0.3, 0.4) is 0 Å². The van der Waals surface area contributed by atoms with Crippen LogP contribution in [0.15, 0.2) is 24.3 Å². The van der Waals surface area contributed by atoms with Crippen LogP contribution in [0.5, 0.6) is 5.75 Å². The molecule has 2 rings (SSSR count). The predicted molar refractivity (Wildman–Crippen MR) is 89.9 cm³/mol. The van der Waals surface area contributed by atoms with Crippen molar-refractivity contribution in [2.24, 2.45) is 0 Å². The minimum atomic E-state index is -0.526. The van der Waals surface area contributed by atoms with Crippen LogP contribution in [-0.2, 0) is 0 Å². The van der Waals surface area contributed by atoms with Crippen molar-refractivity contribution in [1.29, 1.82) is 0 Å². The Labute approximate surface area is 138 Å². The van der Waals surface area contributed by atoms with Crippen LogP contribution in [-0.4, -0.2) is 39.8 Å². The normalized spacial score (nSPS) is 10.3. The Kier molecular flexibility index (Phi) is 5.85. The lowest BCUT2D eigenvalue weighted by molar-refractivity contribution is -0.385. The monoisotopic (exact) mass is 333 g/mol. The molecule has 0 atom stereocenters. The van der Waals surface area contributed by atoms with E-state index in [0.29, 0.717) is 18.0 Å². The zero-order chi connectivity index (χ0) is 17.5. The first kappa shape index (κ1) is 17.4. The van der Waals surface area contributed by atoms with E-state index >= 15 is 0 Å². The molecule has 9 nitrogen and oxygen atoms in total. The molecule has 0 saturated heterocycles. The first-order valence-electron chi connectivity index (χ1n) is 7.42. The summed E-state index contributed by atoms with van der Waals surface area (Å²) < 4.78 is 5.36. The topological polar surface area (TPSA) is 122 Å². The van der Waals surface area contributed by atoms with Crippen molar-refractivity contribution in [3.8, 4) is 5.75 Å². The fourth-order valence-electron chi connectivity index (χ4n) is 2.06. The van der Waals surface area contributed by atoms with E-state index in [9.17, 15) is 10.1 Å². The highest BCUT2D eigenvalue weighted by Gasteiger charge is 2.22. The van der Waals surface area contributed by atoms with Gasteiger partial charge in [-0.15, -0.1) is 0 Å². The van der Waals surface area contributed by atoms with E-state index < -0.39 is 4.92 Å². The summed E-state index contributed by atoms with van der Waals surface area (Å²) in [5.74, 6) is 0.999. The van der Waals surface area contributed by atoms with Crippen LogP contribution >= 0.6 is 0 Å². The average Bonchev–Trinajstić information content (AvgIpc) is 2.54. The lowest BCUT2D eigenvalue weighted by Crippen LogP contribution is -2.12. The highest BCUT2D eigenvalue weighted by atomic mass is 16.6. The quantitative estimate of drug-likeness (QED) is 0.496. The van der Waals surface area contributed by atoms with Gasteiger partial charge in [0.2, 0.25) is 11.8 Å². The van der Waals surface area contributed by atoms with Crippen molar-refractivity contribution in [1.82, 2.24) is 9.97 Å². The first-order chi connectivity index (χ1) is 11.5. The Morgan fingerprint density at radius 1 is 1.29 bits per heavy atom. The first-order valence-corrected chi connectivity index (χ1v) is 7.42. The van der Waals surface area contributed by atoms with Gasteiger partial charge in [-0.3, -0.25) is 10.1 Å². The second kappa shape index (κ2) is 8.06. The maximum Gasteiger partial charge on any atom is 0.332 e. The van der Waals surface area contributed by atoms with E-state index in [4.69, 9.17) is 9.84 Å². The molecule has 0 aliphatic carbocycles. The second-order valence-electron chi connectivity index (χ2n) is 4.82. The molecule has 2 aromatic rings. The summed E-state index contributed by atoms with van der Waals surface area (Å²) in [6, 6.07) is 7.01. The molecule has 1 aromatic carbocycles. The zero-order valence-corrected chi connectivity index (χ0v) is 13.4. The number of aliphatic hydroxyl groups excluding tert-OH is 1. The molecular formula is C15H19N5O4. The maximum atomic E-state index is 11.3. The van der Waals surface area contributed by atoms with E-state index in [1.165, 1.54) is 6.92 Å². The lowest BCUT2D eigenvalue weighted by atomic mass is 10.3. The fraction of sp³-hybridized carbons (Fsp3) is 0.333. The van der Waals surface area contributed by atoms with Gasteiger partial charge in [-0.2, -0.15) is 4.98 Å². The molecule has 0 amide bonds. The minimum absolute atomic E-state index is 0.0806. The van der Waals surface area contributed by atoms with Crippen molar-refractivity contribution >= 4 is 23.1 Å². The summed E-state index contributed by atoms with van der Waals surface area (Å²) in [4.78, 5) is 18.9. The average molecular weight is 333 g/mol. The number of nitrogens with zero attached hydrogens (tertiary/aromatic N) is 3. The maximum absolute atomic E-state index is 11.3. The van der Waals surface area contributed by atoms with Gasteiger partial charge in [-0.25, -0.2) is 4.98 Å². The third-order valence-corrected chi connectivity index (χ3v) is 3.06. The molecular weight excluding hydrogens is 314 g/mol. The van der Waals surface area contributed by atoms with E-state index in [1.807, 2.05) is 6.92 Å². The summed E-state index contributed by atoms with van der Waals surface area (Å²) in [6.07, 6.45) is 0. The van der Waals surface area contributed by atoms with E-state index in [1.54, 1.807) is 24.3 Å². The Morgan fingerprint density at radius 2 is 2.00 bits per heavy atom. The van der Waals surface area contributed by atoms with Gasteiger partial charge < -0.3 is 20.5 Å². The molecule has 0 saturated carbocycles. The molecule has 0 aliphatic rings. The number of anilines is 3. The van der Waals surface area contributed by atoms with Crippen molar-refractivity contribution in [3.63, 3.8) is 0 Å². The molecule has 0 aliphatic heterocycles. The SMILES string of the molecule is CCOc1ccc(Nc2nc(NCCO)nc(C)c2[N+](=O)[O-])cc1.